The van der Waals surface area contributed by atoms with E-state index in [2.05, 4.69) is 0 Å². The molecule has 0 spiro atoms. The fourth-order valence-corrected chi connectivity index (χ4v) is 2.44. The largest absolute Gasteiger partial charge is 0.481 e. The van der Waals surface area contributed by atoms with E-state index in [9.17, 15) is 25.0 Å². The van der Waals surface area contributed by atoms with E-state index in [1.807, 2.05) is 0 Å². The summed E-state index contributed by atoms with van der Waals surface area (Å²) in [5, 5.41) is 30.8. The van der Waals surface area contributed by atoms with Gasteiger partial charge in [0.25, 0.3) is 11.4 Å². The van der Waals surface area contributed by atoms with E-state index in [0.717, 1.165) is 6.07 Å². The molecule has 0 saturated carbocycles. The Bertz CT molecular complexity index is 603. The first-order chi connectivity index (χ1) is 9.90. The molecular weight excluding hydrogens is 282 g/mol. The molecular formula is C12H13N3O6. The van der Waals surface area contributed by atoms with Crippen molar-refractivity contribution in [2.75, 3.05) is 18.0 Å². The summed E-state index contributed by atoms with van der Waals surface area (Å²) in [6, 6.07) is 3.40. The van der Waals surface area contributed by atoms with Crippen molar-refractivity contribution in [1.82, 2.24) is 0 Å². The van der Waals surface area contributed by atoms with Gasteiger partial charge in [-0.1, -0.05) is 0 Å². The highest BCUT2D eigenvalue weighted by atomic mass is 16.6. The van der Waals surface area contributed by atoms with Gasteiger partial charge in [-0.2, -0.15) is 0 Å². The highest BCUT2D eigenvalue weighted by molar-refractivity contribution is 5.73. The molecule has 0 aliphatic carbocycles. The number of hydrogen-bond acceptors (Lipinski definition) is 6. The van der Waals surface area contributed by atoms with Gasteiger partial charge in [0, 0.05) is 19.2 Å². The Kier molecular flexibility index (Phi) is 4.01. The highest BCUT2D eigenvalue weighted by Crippen LogP contribution is 2.34. The van der Waals surface area contributed by atoms with Gasteiger partial charge in [-0.15, -0.1) is 0 Å². The molecule has 9 nitrogen and oxygen atoms in total. The fourth-order valence-electron chi connectivity index (χ4n) is 2.44. The van der Waals surface area contributed by atoms with Crippen molar-refractivity contribution in [3.63, 3.8) is 0 Å². The molecule has 1 aromatic rings. The average Bonchev–Trinajstić information content (AvgIpc) is 2.46. The average molecular weight is 295 g/mol. The number of piperidine rings is 1. The maximum atomic E-state index is 11.1. The molecule has 1 heterocycles. The van der Waals surface area contributed by atoms with Crippen molar-refractivity contribution in [3.05, 3.63) is 38.4 Å². The molecule has 1 fully saturated rings. The van der Waals surface area contributed by atoms with Gasteiger partial charge in [-0.05, 0) is 18.9 Å². The van der Waals surface area contributed by atoms with Crippen molar-refractivity contribution in [1.29, 1.82) is 0 Å². The summed E-state index contributed by atoms with van der Waals surface area (Å²) in [4.78, 5) is 33.0. The Labute approximate surface area is 119 Å². The van der Waals surface area contributed by atoms with E-state index in [1.165, 1.54) is 12.1 Å². The van der Waals surface area contributed by atoms with Crippen LogP contribution >= 0.6 is 0 Å². The quantitative estimate of drug-likeness (QED) is 0.662. The lowest BCUT2D eigenvalue weighted by Crippen LogP contribution is -2.39. The van der Waals surface area contributed by atoms with Crippen molar-refractivity contribution >= 4 is 23.0 Å². The monoisotopic (exact) mass is 295 g/mol. The van der Waals surface area contributed by atoms with Gasteiger partial charge in [0.15, 0.2) is 0 Å². The molecule has 1 saturated heterocycles. The molecule has 1 aliphatic heterocycles. The van der Waals surface area contributed by atoms with Gasteiger partial charge in [0.2, 0.25) is 0 Å². The first-order valence-corrected chi connectivity index (χ1v) is 6.30. The van der Waals surface area contributed by atoms with Crippen LogP contribution in [-0.4, -0.2) is 34.0 Å². The maximum absolute atomic E-state index is 11.1. The Morgan fingerprint density at radius 2 is 2.00 bits per heavy atom. The molecule has 0 bridgehead atoms. The summed E-state index contributed by atoms with van der Waals surface area (Å²) in [6.45, 7) is 0.649. The number of nitrogens with zero attached hydrogens (tertiary/aromatic N) is 3. The number of nitro benzene ring substituents is 2. The summed E-state index contributed by atoms with van der Waals surface area (Å²) in [5.41, 5.74) is -0.524. The van der Waals surface area contributed by atoms with E-state index in [-0.39, 0.29) is 23.6 Å². The van der Waals surface area contributed by atoms with Crippen LogP contribution in [0.1, 0.15) is 12.8 Å². The van der Waals surface area contributed by atoms with Gasteiger partial charge < -0.3 is 10.0 Å². The number of aliphatic carboxylic acids is 1. The van der Waals surface area contributed by atoms with E-state index in [1.54, 1.807) is 4.90 Å². The van der Waals surface area contributed by atoms with E-state index in [4.69, 9.17) is 5.11 Å². The Hall–Kier alpha value is -2.71. The number of nitro groups is 2. The second kappa shape index (κ2) is 5.73. The number of rotatable bonds is 4. The van der Waals surface area contributed by atoms with Gasteiger partial charge in [0.05, 0.1) is 21.8 Å². The fraction of sp³-hybridized carbons (Fsp3) is 0.417. The van der Waals surface area contributed by atoms with Crippen LogP contribution in [0.3, 0.4) is 0 Å². The van der Waals surface area contributed by atoms with Crippen LogP contribution in [0.15, 0.2) is 18.2 Å². The van der Waals surface area contributed by atoms with Crippen LogP contribution in [0.4, 0.5) is 17.1 Å². The Morgan fingerprint density at radius 3 is 2.57 bits per heavy atom. The summed E-state index contributed by atoms with van der Waals surface area (Å²) >= 11 is 0. The molecule has 1 aliphatic rings. The minimum Gasteiger partial charge on any atom is -0.481 e. The number of non-ortho nitro benzene ring substituents is 1. The van der Waals surface area contributed by atoms with Crippen LogP contribution < -0.4 is 4.90 Å². The van der Waals surface area contributed by atoms with Crippen LogP contribution in [-0.2, 0) is 4.79 Å². The molecule has 1 aromatic carbocycles. The number of carbonyl (C=O) groups is 1. The van der Waals surface area contributed by atoms with Crippen molar-refractivity contribution in [3.8, 4) is 0 Å². The summed E-state index contributed by atoms with van der Waals surface area (Å²) in [5.74, 6) is -1.53. The second-order valence-corrected chi connectivity index (χ2v) is 4.81. The molecule has 1 atom stereocenters. The summed E-state index contributed by atoms with van der Waals surface area (Å²) < 4.78 is 0. The summed E-state index contributed by atoms with van der Waals surface area (Å²) in [7, 11) is 0. The zero-order valence-electron chi connectivity index (χ0n) is 11.0. The third kappa shape index (κ3) is 3.07. The van der Waals surface area contributed by atoms with Crippen molar-refractivity contribution in [2.45, 2.75) is 12.8 Å². The van der Waals surface area contributed by atoms with Gasteiger partial charge in [-0.3, -0.25) is 25.0 Å². The summed E-state index contributed by atoms with van der Waals surface area (Å²) in [6.07, 6.45) is 1.12. The number of carboxylic acid groups (broad SMARTS) is 1. The lowest BCUT2D eigenvalue weighted by molar-refractivity contribution is -0.393. The molecule has 1 N–H and O–H groups in total. The first kappa shape index (κ1) is 14.7. The topological polar surface area (TPSA) is 127 Å². The SMILES string of the molecule is O=C(O)[C@@H]1CCCN(c2ccc([N+](=O)[O-])cc2[N+](=O)[O-])C1. The molecule has 0 aromatic heterocycles. The van der Waals surface area contributed by atoms with Crippen LogP contribution in [0.2, 0.25) is 0 Å². The molecule has 2 rings (SSSR count). The molecule has 9 heteroatoms. The minimum absolute atomic E-state index is 0.161. The van der Waals surface area contributed by atoms with Gasteiger partial charge in [0.1, 0.15) is 5.69 Å². The van der Waals surface area contributed by atoms with E-state index >= 15 is 0 Å². The standard InChI is InChI=1S/C12H13N3O6/c16-12(17)8-2-1-5-13(7-8)10-4-3-9(14(18)19)6-11(10)15(20)21/h3-4,6,8H,1-2,5,7H2,(H,16,17)/t8-/m1/s1. The van der Waals surface area contributed by atoms with E-state index in [0.29, 0.717) is 19.4 Å². The third-order valence-corrected chi connectivity index (χ3v) is 3.48. The maximum Gasteiger partial charge on any atom is 0.308 e. The Balaban J connectivity index is 2.36. The Morgan fingerprint density at radius 1 is 1.29 bits per heavy atom. The molecule has 112 valence electrons. The number of carboxylic acids is 1. The van der Waals surface area contributed by atoms with Crippen molar-refractivity contribution < 1.29 is 19.7 Å². The normalized spacial score (nSPS) is 18.3. The van der Waals surface area contributed by atoms with Crippen LogP contribution in [0, 0.1) is 26.1 Å². The van der Waals surface area contributed by atoms with Crippen LogP contribution in [0.25, 0.3) is 0 Å². The van der Waals surface area contributed by atoms with Gasteiger partial charge >= 0.3 is 5.97 Å². The number of anilines is 1. The number of benzene rings is 1. The van der Waals surface area contributed by atoms with Gasteiger partial charge in [-0.25, -0.2) is 0 Å². The zero-order chi connectivity index (χ0) is 15.6. The third-order valence-electron chi connectivity index (χ3n) is 3.48. The zero-order valence-corrected chi connectivity index (χ0v) is 11.0. The molecule has 21 heavy (non-hydrogen) atoms. The highest BCUT2D eigenvalue weighted by Gasteiger charge is 2.30. The molecule has 0 amide bonds. The number of hydrogen-bond donors (Lipinski definition) is 1. The lowest BCUT2D eigenvalue weighted by Gasteiger charge is -2.32. The first-order valence-electron chi connectivity index (χ1n) is 6.30. The van der Waals surface area contributed by atoms with Crippen LogP contribution in [0.5, 0.6) is 0 Å². The molecule has 0 radical (unpaired) electrons. The van der Waals surface area contributed by atoms with Crippen molar-refractivity contribution in [2.24, 2.45) is 5.92 Å². The predicted octanol–water partition coefficient (Wildman–Crippen LogP) is 1.80. The second-order valence-electron chi connectivity index (χ2n) is 4.81. The predicted molar refractivity (Wildman–Crippen MR) is 72.3 cm³/mol. The molecule has 0 unspecified atom stereocenters. The minimum atomic E-state index is -0.940. The van der Waals surface area contributed by atoms with E-state index < -0.39 is 21.7 Å². The lowest BCUT2D eigenvalue weighted by atomic mass is 9.97. The smallest absolute Gasteiger partial charge is 0.308 e.